The summed E-state index contributed by atoms with van der Waals surface area (Å²) in [5.74, 6) is 8.01. The fraction of sp³-hybridized carbons (Fsp3) is 0.435. The second kappa shape index (κ2) is 17.3. The van der Waals surface area contributed by atoms with Crippen LogP contribution in [0.2, 0.25) is 0 Å². The summed E-state index contributed by atoms with van der Waals surface area (Å²) in [6.45, 7) is 15.1. The average Bonchev–Trinajstić information content (AvgIpc) is 3.64. The maximum absolute atomic E-state index is 13.7. The standard InChI is InChI=1S/C46H54O6/c1-32(2)23-38(24-33(3)4)19-21-39-27-46(52-43(39)47,30-49-29-37-11-9-8-10-12-37)31-50-44(48)45(6,7)28-41-26-40-25-36(20-22-42(40)51-41)18-17-35-15-13-34(5)14-16-35/h8-16,20-22,25-26,32-33,38H,19,23-24,27-31H2,1-7H3/b39-21+/t46-/m1/s1. The van der Waals surface area contributed by atoms with E-state index in [1.807, 2.05) is 86.7 Å². The number of esters is 2. The van der Waals surface area contributed by atoms with Gasteiger partial charge in [0.1, 0.15) is 18.0 Å². The van der Waals surface area contributed by atoms with Crippen molar-refractivity contribution in [1.29, 1.82) is 0 Å². The third-order valence-electron chi connectivity index (χ3n) is 9.47. The van der Waals surface area contributed by atoms with Gasteiger partial charge in [0.15, 0.2) is 5.60 Å². The van der Waals surface area contributed by atoms with Gasteiger partial charge in [-0.3, -0.25) is 4.79 Å². The van der Waals surface area contributed by atoms with Gasteiger partial charge in [-0.25, -0.2) is 4.79 Å². The summed E-state index contributed by atoms with van der Waals surface area (Å²) < 4.78 is 24.3. The zero-order chi connectivity index (χ0) is 37.3. The van der Waals surface area contributed by atoms with E-state index in [0.717, 1.165) is 46.9 Å². The molecule has 4 aromatic rings. The van der Waals surface area contributed by atoms with Crippen LogP contribution in [0, 0.1) is 41.9 Å². The first-order chi connectivity index (χ1) is 24.8. The van der Waals surface area contributed by atoms with Crippen LogP contribution in [0.1, 0.15) is 95.2 Å². The molecular weight excluding hydrogens is 649 g/mol. The molecule has 0 spiro atoms. The number of furan rings is 1. The van der Waals surface area contributed by atoms with Crippen molar-refractivity contribution >= 4 is 22.9 Å². The van der Waals surface area contributed by atoms with Crippen molar-refractivity contribution < 1.29 is 28.2 Å². The van der Waals surface area contributed by atoms with Crippen LogP contribution in [-0.2, 0) is 36.8 Å². The van der Waals surface area contributed by atoms with Crippen molar-refractivity contribution in [2.45, 2.75) is 92.8 Å². The number of carbonyl (C=O) groups excluding carboxylic acids is 2. The topological polar surface area (TPSA) is 75.0 Å². The summed E-state index contributed by atoms with van der Waals surface area (Å²) in [5.41, 5.74) is 3.40. The highest BCUT2D eigenvalue weighted by Gasteiger charge is 2.46. The van der Waals surface area contributed by atoms with E-state index in [0.29, 0.717) is 48.5 Å². The van der Waals surface area contributed by atoms with Crippen molar-refractivity contribution in [2.75, 3.05) is 13.2 Å². The van der Waals surface area contributed by atoms with E-state index in [9.17, 15) is 9.59 Å². The maximum atomic E-state index is 13.7. The predicted molar refractivity (Wildman–Crippen MR) is 206 cm³/mol. The molecule has 5 rings (SSSR count). The third kappa shape index (κ3) is 11.0. The summed E-state index contributed by atoms with van der Waals surface area (Å²) in [7, 11) is 0. The van der Waals surface area contributed by atoms with Gasteiger partial charge < -0.3 is 18.6 Å². The normalized spacial score (nSPS) is 16.9. The maximum Gasteiger partial charge on any atom is 0.334 e. The highest BCUT2D eigenvalue weighted by Crippen LogP contribution is 2.35. The molecule has 0 amide bonds. The molecule has 1 aromatic heterocycles. The molecule has 52 heavy (non-hydrogen) atoms. The molecule has 0 aliphatic carbocycles. The molecule has 2 heterocycles. The van der Waals surface area contributed by atoms with Crippen LogP contribution in [0.3, 0.4) is 0 Å². The first-order valence-corrected chi connectivity index (χ1v) is 18.6. The van der Waals surface area contributed by atoms with Gasteiger partial charge in [0.2, 0.25) is 0 Å². The highest BCUT2D eigenvalue weighted by atomic mass is 16.6. The molecule has 1 aliphatic heterocycles. The van der Waals surface area contributed by atoms with Crippen LogP contribution >= 0.6 is 0 Å². The second-order valence-corrected chi connectivity index (χ2v) is 16.0. The molecule has 0 N–H and O–H groups in total. The minimum absolute atomic E-state index is 0.0995. The van der Waals surface area contributed by atoms with E-state index in [1.54, 1.807) is 0 Å². The van der Waals surface area contributed by atoms with Crippen molar-refractivity contribution in [1.82, 2.24) is 0 Å². The van der Waals surface area contributed by atoms with E-state index >= 15 is 0 Å². The quantitative estimate of drug-likeness (QED) is 0.0698. The Hall–Kier alpha value is -4.60. The smallest absolute Gasteiger partial charge is 0.334 e. The molecule has 274 valence electrons. The summed E-state index contributed by atoms with van der Waals surface area (Å²) in [4.78, 5) is 27.0. The second-order valence-electron chi connectivity index (χ2n) is 16.0. The largest absolute Gasteiger partial charge is 0.461 e. The van der Waals surface area contributed by atoms with Gasteiger partial charge >= 0.3 is 11.9 Å². The molecule has 0 radical (unpaired) electrons. The third-order valence-corrected chi connectivity index (χ3v) is 9.47. The molecule has 0 saturated carbocycles. The number of benzene rings is 3. The fourth-order valence-corrected chi connectivity index (χ4v) is 6.88. The number of aryl methyl sites for hydroxylation is 1. The number of allylic oxidation sites excluding steroid dienone is 1. The zero-order valence-corrected chi connectivity index (χ0v) is 31.9. The van der Waals surface area contributed by atoms with Gasteiger partial charge in [-0.1, -0.05) is 93.6 Å². The van der Waals surface area contributed by atoms with Crippen LogP contribution in [0.15, 0.2) is 94.9 Å². The Morgan fingerprint density at radius 2 is 1.58 bits per heavy atom. The van der Waals surface area contributed by atoms with Crippen LogP contribution in [0.5, 0.6) is 0 Å². The summed E-state index contributed by atoms with van der Waals surface area (Å²) in [6.07, 6.45) is 5.72. The molecule has 1 saturated heterocycles. The van der Waals surface area contributed by atoms with E-state index in [4.69, 9.17) is 18.6 Å². The minimum Gasteiger partial charge on any atom is -0.461 e. The number of hydrogen-bond acceptors (Lipinski definition) is 6. The monoisotopic (exact) mass is 702 g/mol. The molecular formula is C46H54O6. The van der Waals surface area contributed by atoms with Crippen molar-refractivity contribution in [2.24, 2.45) is 23.2 Å². The Kier molecular flexibility index (Phi) is 12.8. The van der Waals surface area contributed by atoms with Crippen LogP contribution in [0.25, 0.3) is 11.0 Å². The highest BCUT2D eigenvalue weighted by molar-refractivity contribution is 5.91. The van der Waals surface area contributed by atoms with Gasteiger partial charge in [-0.15, -0.1) is 0 Å². The SMILES string of the molecule is Cc1ccc(C#Cc2ccc3oc(CC(C)(C)C(=O)OC[C@]4(COCc5ccccc5)C/C(=C\CC(CC(C)C)CC(C)C)C(=O)O4)cc3c2)cc1. The van der Waals surface area contributed by atoms with E-state index in [-0.39, 0.29) is 19.2 Å². The van der Waals surface area contributed by atoms with Gasteiger partial charge in [0.25, 0.3) is 0 Å². The Morgan fingerprint density at radius 1 is 0.904 bits per heavy atom. The Bertz CT molecular complexity index is 1890. The van der Waals surface area contributed by atoms with Crippen LogP contribution in [-0.4, -0.2) is 30.8 Å². The molecule has 0 unspecified atom stereocenters. The average molecular weight is 703 g/mol. The van der Waals surface area contributed by atoms with Crippen molar-refractivity contribution in [3.8, 4) is 11.8 Å². The lowest BCUT2D eigenvalue weighted by Crippen LogP contribution is -2.42. The lowest BCUT2D eigenvalue weighted by molar-refractivity contribution is -0.174. The van der Waals surface area contributed by atoms with Gasteiger partial charge in [0, 0.05) is 34.9 Å². The molecule has 1 aliphatic rings. The number of ether oxygens (including phenoxy) is 3. The van der Waals surface area contributed by atoms with Crippen LogP contribution in [0.4, 0.5) is 0 Å². The molecule has 6 nitrogen and oxygen atoms in total. The lowest BCUT2D eigenvalue weighted by atomic mass is 9.86. The molecule has 3 aromatic carbocycles. The molecule has 6 heteroatoms. The van der Waals surface area contributed by atoms with Crippen molar-refractivity contribution in [3.05, 3.63) is 119 Å². The Labute approximate surface area is 309 Å². The summed E-state index contributed by atoms with van der Waals surface area (Å²) >= 11 is 0. The van der Waals surface area contributed by atoms with E-state index in [2.05, 4.69) is 58.6 Å². The van der Waals surface area contributed by atoms with Crippen LogP contribution < -0.4 is 0 Å². The van der Waals surface area contributed by atoms with E-state index < -0.39 is 17.0 Å². The van der Waals surface area contributed by atoms with Gasteiger partial charge in [-0.2, -0.15) is 0 Å². The Morgan fingerprint density at radius 3 is 2.27 bits per heavy atom. The molecule has 1 fully saturated rings. The van der Waals surface area contributed by atoms with Gasteiger partial charge in [0.05, 0.1) is 18.6 Å². The molecule has 0 bridgehead atoms. The van der Waals surface area contributed by atoms with E-state index in [1.165, 1.54) is 5.56 Å². The zero-order valence-electron chi connectivity index (χ0n) is 31.9. The Balaban J connectivity index is 1.26. The lowest BCUT2D eigenvalue weighted by Gasteiger charge is -2.29. The fourth-order valence-electron chi connectivity index (χ4n) is 6.88. The molecule has 1 atom stereocenters. The predicted octanol–water partition coefficient (Wildman–Crippen LogP) is 10.2. The summed E-state index contributed by atoms with van der Waals surface area (Å²) in [6, 6.07) is 25.8. The number of fused-ring (bicyclic) bond motifs is 1. The first-order valence-electron chi connectivity index (χ1n) is 18.6. The number of rotatable bonds is 15. The first kappa shape index (κ1) is 38.6. The number of carbonyl (C=O) groups is 2. The summed E-state index contributed by atoms with van der Waals surface area (Å²) in [5, 5.41) is 0.922. The number of cyclic esters (lactones) is 1. The minimum atomic E-state index is -1.11. The van der Waals surface area contributed by atoms with Gasteiger partial charge in [-0.05, 0) is 99.7 Å². The number of hydrogen-bond donors (Lipinski definition) is 0. The van der Waals surface area contributed by atoms with Crippen molar-refractivity contribution in [3.63, 3.8) is 0 Å².